The summed E-state index contributed by atoms with van der Waals surface area (Å²) in [5.41, 5.74) is 5.17. The summed E-state index contributed by atoms with van der Waals surface area (Å²) in [6.45, 7) is 3.96. The first-order valence-corrected chi connectivity index (χ1v) is 7.38. The molecule has 0 aliphatic carbocycles. The molecule has 23 heavy (non-hydrogen) atoms. The van der Waals surface area contributed by atoms with Gasteiger partial charge in [0.15, 0.2) is 0 Å². The third kappa shape index (κ3) is 2.99. The Balaban J connectivity index is 1.92. The summed E-state index contributed by atoms with van der Waals surface area (Å²) in [5.74, 6) is -0.176. The molecule has 0 radical (unpaired) electrons. The zero-order valence-corrected chi connectivity index (χ0v) is 13.4. The topological polar surface area (TPSA) is 59.8 Å². The highest BCUT2D eigenvalue weighted by molar-refractivity contribution is 6.04. The maximum absolute atomic E-state index is 12.4. The Morgan fingerprint density at radius 1 is 1.13 bits per heavy atom. The van der Waals surface area contributed by atoms with Crippen molar-refractivity contribution in [2.24, 2.45) is 7.05 Å². The van der Waals surface area contributed by atoms with Crippen LogP contribution < -0.4 is 5.32 Å². The van der Waals surface area contributed by atoms with Gasteiger partial charge in [0.25, 0.3) is 5.91 Å². The molecule has 116 valence electrons. The van der Waals surface area contributed by atoms with Crippen molar-refractivity contribution < 1.29 is 4.79 Å². The number of aromatic nitrogens is 3. The molecule has 0 bridgehead atoms. The second-order valence-corrected chi connectivity index (χ2v) is 5.45. The van der Waals surface area contributed by atoms with E-state index >= 15 is 0 Å². The zero-order chi connectivity index (χ0) is 16.4. The standard InChI is InChI=1S/C18H18N4O/c1-12-17(13(2)22(3)21-12)14-9-15(11-19-10-14)18(23)20-16-7-5-4-6-8-16/h4-11H,1-3H3,(H,20,23). The quantitative estimate of drug-likeness (QED) is 0.807. The van der Waals surface area contributed by atoms with Gasteiger partial charge in [-0.25, -0.2) is 0 Å². The van der Waals surface area contributed by atoms with Gasteiger partial charge in [0.1, 0.15) is 0 Å². The monoisotopic (exact) mass is 306 g/mol. The van der Waals surface area contributed by atoms with E-state index in [0.29, 0.717) is 5.56 Å². The number of benzene rings is 1. The number of amides is 1. The van der Waals surface area contributed by atoms with Gasteiger partial charge in [0, 0.05) is 41.9 Å². The van der Waals surface area contributed by atoms with Gasteiger partial charge in [-0.3, -0.25) is 14.5 Å². The zero-order valence-electron chi connectivity index (χ0n) is 13.4. The van der Waals surface area contributed by atoms with Crippen LogP contribution in [-0.2, 0) is 7.05 Å². The van der Waals surface area contributed by atoms with E-state index in [9.17, 15) is 4.79 Å². The molecule has 5 nitrogen and oxygen atoms in total. The van der Waals surface area contributed by atoms with Crippen LogP contribution >= 0.6 is 0 Å². The Morgan fingerprint density at radius 2 is 1.87 bits per heavy atom. The van der Waals surface area contributed by atoms with E-state index in [1.54, 1.807) is 12.4 Å². The first-order valence-electron chi connectivity index (χ1n) is 7.38. The lowest BCUT2D eigenvalue weighted by Gasteiger charge is -2.07. The number of nitrogens with zero attached hydrogens (tertiary/aromatic N) is 3. The molecule has 1 aromatic carbocycles. The maximum Gasteiger partial charge on any atom is 0.257 e. The predicted molar refractivity (Wildman–Crippen MR) is 90.3 cm³/mol. The van der Waals surface area contributed by atoms with Crippen LogP contribution in [0.15, 0.2) is 48.8 Å². The van der Waals surface area contributed by atoms with Crippen LogP contribution in [0, 0.1) is 13.8 Å². The van der Waals surface area contributed by atoms with Crippen LogP contribution in [0.3, 0.4) is 0 Å². The molecule has 1 N–H and O–H groups in total. The van der Waals surface area contributed by atoms with Gasteiger partial charge in [-0.05, 0) is 32.0 Å². The van der Waals surface area contributed by atoms with E-state index in [-0.39, 0.29) is 5.91 Å². The number of nitrogens with one attached hydrogen (secondary N) is 1. The van der Waals surface area contributed by atoms with Gasteiger partial charge in [0.2, 0.25) is 0 Å². The van der Waals surface area contributed by atoms with Gasteiger partial charge in [-0.2, -0.15) is 5.10 Å². The van der Waals surface area contributed by atoms with E-state index in [0.717, 1.165) is 28.2 Å². The summed E-state index contributed by atoms with van der Waals surface area (Å²) in [6, 6.07) is 11.2. The number of hydrogen-bond donors (Lipinski definition) is 1. The number of carbonyl (C=O) groups excluding carboxylic acids is 1. The summed E-state index contributed by atoms with van der Waals surface area (Å²) in [7, 11) is 1.91. The number of para-hydroxylation sites is 1. The van der Waals surface area contributed by atoms with Crippen molar-refractivity contribution in [3.8, 4) is 11.1 Å². The lowest BCUT2D eigenvalue weighted by molar-refractivity contribution is 0.102. The normalized spacial score (nSPS) is 10.6. The third-order valence-electron chi connectivity index (χ3n) is 3.83. The van der Waals surface area contributed by atoms with Crippen LogP contribution in [0.25, 0.3) is 11.1 Å². The summed E-state index contributed by atoms with van der Waals surface area (Å²) < 4.78 is 1.83. The van der Waals surface area contributed by atoms with Crippen molar-refractivity contribution in [1.82, 2.24) is 14.8 Å². The van der Waals surface area contributed by atoms with E-state index in [1.807, 2.05) is 62.0 Å². The molecule has 0 fully saturated rings. The van der Waals surface area contributed by atoms with Gasteiger partial charge in [0.05, 0.1) is 11.3 Å². The van der Waals surface area contributed by atoms with E-state index in [2.05, 4.69) is 15.4 Å². The summed E-state index contributed by atoms with van der Waals surface area (Å²) in [4.78, 5) is 16.6. The number of aryl methyl sites for hydroxylation is 2. The minimum absolute atomic E-state index is 0.176. The van der Waals surface area contributed by atoms with Crippen LogP contribution in [0.4, 0.5) is 5.69 Å². The van der Waals surface area contributed by atoms with Crippen LogP contribution in [0.5, 0.6) is 0 Å². The van der Waals surface area contributed by atoms with Crippen molar-refractivity contribution in [2.75, 3.05) is 5.32 Å². The molecule has 0 aliphatic heterocycles. The molecule has 5 heteroatoms. The van der Waals surface area contributed by atoms with Crippen molar-refractivity contribution in [2.45, 2.75) is 13.8 Å². The second kappa shape index (κ2) is 6.04. The lowest BCUT2D eigenvalue weighted by atomic mass is 10.0. The molecule has 0 unspecified atom stereocenters. The molecule has 0 atom stereocenters. The fourth-order valence-corrected chi connectivity index (χ4v) is 2.62. The molecule has 2 aromatic heterocycles. The number of pyridine rings is 1. The molecule has 0 saturated heterocycles. The van der Waals surface area contributed by atoms with E-state index in [4.69, 9.17) is 0 Å². The molecule has 3 aromatic rings. The number of anilines is 1. The highest BCUT2D eigenvalue weighted by atomic mass is 16.1. The Labute approximate surface area is 135 Å². The first kappa shape index (κ1) is 15.0. The predicted octanol–water partition coefficient (Wildman–Crippen LogP) is 3.35. The molecule has 2 heterocycles. The fraction of sp³-hybridized carbons (Fsp3) is 0.167. The average Bonchev–Trinajstić information content (AvgIpc) is 2.81. The fourth-order valence-electron chi connectivity index (χ4n) is 2.62. The second-order valence-electron chi connectivity index (χ2n) is 5.45. The molecule has 0 saturated carbocycles. The van der Waals surface area contributed by atoms with Gasteiger partial charge in [-0.1, -0.05) is 18.2 Å². The molecule has 0 aliphatic rings. The van der Waals surface area contributed by atoms with Gasteiger partial charge >= 0.3 is 0 Å². The van der Waals surface area contributed by atoms with E-state index < -0.39 is 0 Å². The van der Waals surface area contributed by atoms with Crippen LogP contribution in [0.2, 0.25) is 0 Å². The molecular formula is C18H18N4O. The molecule has 1 amide bonds. The van der Waals surface area contributed by atoms with Gasteiger partial charge in [-0.15, -0.1) is 0 Å². The Kier molecular flexibility index (Phi) is 3.93. The highest BCUT2D eigenvalue weighted by Gasteiger charge is 2.14. The molecule has 0 spiro atoms. The average molecular weight is 306 g/mol. The number of rotatable bonds is 3. The van der Waals surface area contributed by atoms with Crippen LogP contribution in [-0.4, -0.2) is 20.7 Å². The summed E-state index contributed by atoms with van der Waals surface area (Å²) in [6.07, 6.45) is 3.33. The van der Waals surface area contributed by atoms with Crippen molar-refractivity contribution in [3.63, 3.8) is 0 Å². The smallest absolute Gasteiger partial charge is 0.257 e. The third-order valence-corrected chi connectivity index (χ3v) is 3.83. The van der Waals surface area contributed by atoms with Gasteiger partial charge < -0.3 is 5.32 Å². The number of hydrogen-bond acceptors (Lipinski definition) is 3. The maximum atomic E-state index is 12.4. The molecule has 3 rings (SSSR count). The van der Waals surface area contributed by atoms with E-state index in [1.165, 1.54) is 0 Å². The summed E-state index contributed by atoms with van der Waals surface area (Å²) in [5, 5.41) is 7.29. The van der Waals surface area contributed by atoms with Crippen molar-refractivity contribution in [1.29, 1.82) is 0 Å². The minimum atomic E-state index is -0.176. The largest absolute Gasteiger partial charge is 0.322 e. The Hall–Kier alpha value is -2.95. The van der Waals surface area contributed by atoms with Crippen LogP contribution in [0.1, 0.15) is 21.7 Å². The Morgan fingerprint density at radius 3 is 2.52 bits per heavy atom. The van der Waals surface area contributed by atoms with Crippen molar-refractivity contribution >= 4 is 11.6 Å². The summed E-state index contributed by atoms with van der Waals surface area (Å²) >= 11 is 0. The first-order chi connectivity index (χ1) is 11.1. The lowest BCUT2D eigenvalue weighted by Crippen LogP contribution is -2.12. The Bertz CT molecular complexity index is 853. The van der Waals surface area contributed by atoms with Crippen molar-refractivity contribution in [3.05, 3.63) is 65.7 Å². The molecular weight excluding hydrogens is 288 g/mol. The minimum Gasteiger partial charge on any atom is -0.322 e. The SMILES string of the molecule is Cc1nn(C)c(C)c1-c1cncc(C(=O)Nc2ccccc2)c1. The number of carbonyl (C=O) groups is 1. The highest BCUT2D eigenvalue weighted by Crippen LogP contribution is 2.26.